The van der Waals surface area contributed by atoms with Gasteiger partial charge in [-0.1, -0.05) is 47.2 Å². The molecule has 10 heteroatoms. The average Bonchev–Trinajstić information content (AvgIpc) is 2.77. The zero-order chi connectivity index (χ0) is 18.3. The van der Waals surface area contributed by atoms with E-state index in [1.807, 2.05) is 0 Å². The third-order valence-corrected chi connectivity index (χ3v) is 5.15. The van der Waals surface area contributed by atoms with Crippen LogP contribution >= 0.6 is 47.2 Å². The van der Waals surface area contributed by atoms with Crippen LogP contribution in [0.5, 0.6) is 0 Å². The van der Waals surface area contributed by atoms with Crippen LogP contribution in [-0.4, -0.2) is 32.7 Å². The first-order valence-corrected chi connectivity index (χ1v) is 8.63. The summed E-state index contributed by atoms with van der Waals surface area (Å²) in [6.45, 7) is -0.542. The highest BCUT2D eigenvalue weighted by Gasteiger charge is 2.33. The monoisotopic (exact) mass is 415 g/mol. The van der Waals surface area contributed by atoms with Crippen molar-refractivity contribution < 1.29 is 19.1 Å². The van der Waals surface area contributed by atoms with E-state index in [2.05, 4.69) is 0 Å². The number of amides is 1. The molecule has 2 aromatic rings. The maximum absolute atomic E-state index is 12.6. The van der Waals surface area contributed by atoms with Gasteiger partial charge in [0, 0.05) is 5.02 Å². The van der Waals surface area contributed by atoms with Crippen LogP contribution < -0.4 is 5.43 Å². The fraction of sp³-hybridized carbons (Fsp3) is 0.0667. The van der Waals surface area contributed by atoms with E-state index in [1.54, 1.807) is 0 Å². The Bertz CT molecular complexity index is 1030. The minimum Gasteiger partial charge on any atom is -0.480 e. The van der Waals surface area contributed by atoms with E-state index in [9.17, 15) is 14.4 Å². The highest BCUT2D eigenvalue weighted by molar-refractivity contribution is 8.26. The van der Waals surface area contributed by atoms with Crippen LogP contribution in [0.3, 0.4) is 0 Å². The number of thiocarbonyl (C=S) groups is 1. The first kappa shape index (κ1) is 17.9. The maximum Gasteiger partial charge on any atom is 0.323 e. The Morgan fingerprint density at radius 1 is 1.36 bits per heavy atom. The summed E-state index contributed by atoms with van der Waals surface area (Å²) < 4.78 is 5.48. The molecule has 3 rings (SSSR count). The predicted octanol–water partition coefficient (Wildman–Crippen LogP) is 3.39. The number of carboxylic acids is 1. The quantitative estimate of drug-likeness (QED) is 0.606. The third-order valence-electron chi connectivity index (χ3n) is 3.27. The average molecular weight is 416 g/mol. The standard InChI is InChI=1S/C15H7Cl2NO5S2/c16-7-2-8-12(21)6(5-23-13(8)9(17)3-7)1-10-14(22)18(4-11(19)20)15(24)25-10/h1-3,5H,4H2,(H,19,20)/b10-1+. The van der Waals surface area contributed by atoms with Gasteiger partial charge in [0.1, 0.15) is 17.1 Å². The summed E-state index contributed by atoms with van der Waals surface area (Å²) in [5, 5.41) is 9.47. The summed E-state index contributed by atoms with van der Waals surface area (Å²) in [7, 11) is 0. The lowest BCUT2D eigenvalue weighted by molar-refractivity contribution is -0.140. The molecule has 1 fully saturated rings. The van der Waals surface area contributed by atoms with E-state index in [1.165, 1.54) is 24.5 Å². The topological polar surface area (TPSA) is 87.8 Å². The van der Waals surface area contributed by atoms with Gasteiger partial charge in [-0.15, -0.1) is 0 Å². The number of halogens is 2. The summed E-state index contributed by atoms with van der Waals surface area (Å²) in [4.78, 5) is 36.7. The minimum atomic E-state index is -1.19. The van der Waals surface area contributed by atoms with E-state index in [-0.39, 0.29) is 35.8 Å². The molecule has 1 amide bonds. The highest BCUT2D eigenvalue weighted by Crippen LogP contribution is 2.32. The number of thioether (sulfide) groups is 1. The molecule has 0 radical (unpaired) electrons. The highest BCUT2D eigenvalue weighted by atomic mass is 35.5. The van der Waals surface area contributed by atoms with Gasteiger partial charge in [-0.25, -0.2) is 0 Å². The number of fused-ring (bicyclic) bond motifs is 1. The molecule has 1 aromatic heterocycles. The van der Waals surface area contributed by atoms with Gasteiger partial charge in [-0.3, -0.25) is 19.3 Å². The summed E-state index contributed by atoms with van der Waals surface area (Å²) >= 11 is 17.8. The molecule has 0 spiro atoms. The van der Waals surface area contributed by atoms with Crippen molar-refractivity contribution in [1.29, 1.82) is 0 Å². The molecule has 0 atom stereocenters. The molecule has 1 saturated heterocycles. The fourth-order valence-electron chi connectivity index (χ4n) is 2.19. The molecular formula is C15H7Cl2NO5S2. The molecule has 0 aliphatic carbocycles. The van der Waals surface area contributed by atoms with Crippen molar-refractivity contribution in [1.82, 2.24) is 4.90 Å². The van der Waals surface area contributed by atoms with Gasteiger partial charge in [0.05, 0.1) is 20.9 Å². The van der Waals surface area contributed by atoms with Crippen LogP contribution in [0.2, 0.25) is 10.0 Å². The second-order valence-corrected chi connectivity index (χ2v) is 7.47. The van der Waals surface area contributed by atoms with Crippen molar-refractivity contribution in [2.45, 2.75) is 0 Å². The van der Waals surface area contributed by atoms with Crippen LogP contribution in [0, 0.1) is 0 Å². The molecule has 6 nitrogen and oxygen atoms in total. The second kappa shape index (κ2) is 6.80. The number of hydrogen-bond acceptors (Lipinski definition) is 6. The molecule has 2 heterocycles. The van der Waals surface area contributed by atoms with E-state index < -0.39 is 23.9 Å². The molecule has 1 aliphatic rings. The normalized spacial score (nSPS) is 16.2. The van der Waals surface area contributed by atoms with E-state index in [4.69, 9.17) is 44.9 Å². The van der Waals surface area contributed by atoms with Crippen molar-refractivity contribution in [2.75, 3.05) is 6.54 Å². The zero-order valence-electron chi connectivity index (χ0n) is 12.1. The number of carbonyl (C=O) groups is 2. The summed E-state index contributed by atoms with van der Waals surface area (Å²) in [6.07, 6.45) is 2.48. The van der Waals surface area contributed by atoms with Gasteiger partial charge < -0.3 is 9.52 Å². The number of carbonyl (C=O) groups excluding carboxylic acids is 1. The van der Waals surface area contributed by atoms with Gasteiger partial charge in [-0.05, 0) is 18.2 Å². The lowest BCUT2D eigenvalue weighted by atomic mass is 10.1. The van der Waals surface area contributed by atoms with Crippen molar-refractivity contribution in [3.05, 3.63) is 49.1 Å². The Labute approximate surface area is 160 Å². The third kappa shape index (κ3) is 3.43. The fourth-order valence-corrected chi connectivity index (χ4v) is 3.98. The summed E-state index contributed by atoms with van der Waals surface area (Å²) in [5.41, 5.74) is -0.137. The van der Waals surface area contributed by atoms with Gasteiger partial charge >= 0.3 is 5.97 Å². The zero-order valence-corrected chi connectivity index (χ0v) is 15.3. The Kier molecular flexibility index (Phi) is 4.88. The largest absolute Gasteiger partial charge is 0.480 e. The smallest absolute Gasteiger partial charge is 0.323 e. The Balaban J connectivity index is 2.06. The van der Waals surface area contributed by atoms with E-state index in [0.717, 1.165) is 16.7 Å². The van der Waals surface area contributed by atoms with Crippen molar-refractivity contribution in [3.8, 4) is 0 Å². The van der Waals surface area contributed by atoms with Gasteiger partial charge in [0.25, 0.3) is 5.91 Å². The second-order valence-electron chi connectivity index (χ2n) is 4.95. The van der Waals surface area contributed by atoms with Crippen molar-refractivity contribution >= 4 is 80.4 Å². The van der Waals surface area contributed by atoms with Crippen molar-refractivity contribution in [2.24, 2.45) is 0 Å². The van der Waals surface area contributed by atoms with Gasteiger partial charge in [0.2, 0.25) is 0 Å². The molecule has 0 bridgehead atoms. The summed E-state index contributed by atoms with van der Waals surface area (Å²) in [6, 6.07) is 2.87. The number of nitrogens with zero attached hydrogens (tertiary/aromatic N) is 1. The Hall–Kier alpha value is -1.87. The lowest BCUT2D eigenvalue weighted by Crippen LogP contribution is -2.33. The first-order chi connectivity index (χ1) is 11.8. The van der Waals surface area contributed by atoms with Crippen molar-refractivity contribution in [3.63, 3.8) is 0 Å². The molecule has 1 aliphatic heterocycles. The van der Waals surface area contributed by atoms with Crippen LogP contribution in [-0.2, 0) is 9.59 Å². The molecule has 1 aromatic carbocycles. The number of benzene rings is 1. The van der Waals surface area contributed by atoms with Crippen LogP contribution in [0.4, 0.5) is 0 Å². The number of aliphatic carboxylic acids is 1. The molecule has 25 heavy (non-hydrogen) atoms. The number of rotatable bonds is 3. The van der Waals surface area contributed by atoms with Gasteiger partial charge in [0.15, 0.2) is 11.0 Å². The number of carboxylic acid groups (broad SMARTS) is 1. The first-order valence-electron chi connectivity index (χ1n) is 6.65. The minimum absolute atomic E-state index is 0.0988. The molecule has 128 valence electrons. The summed E-state index contributed by atoms with van der Waals surface area (Å²) in [5.74, 6) is -1.77. The van der Waals surface area contributed by atoms with E-state index in [0.29, 0.717) is 0 Å². The predicted molar refractivity (Wildman–Crippen MR) is 100 cm³/mol. The number of hydrogen-bond donors (Lipinski definition) is 1. The van der Waals surface area contributed by atoms with Crippen LogP contribution in [0.1, 0.15) is 5.56 Å². The molecule has 0 saturated carbocycles. The SMILES string of the molecule is O=C(O)CN1C(=O)/C(=C\c2coc3c(Cl)cc(Cl)cc3c2=O)SC1=S. The van der Waals surface area contributed by atoms with Gasteiger partial charge in [-0.2, -0.15) is 0 Å². The van der Waals surface area contributed by atoms with Crippen LogP contribution in [0.15, 0.2) is 32.5 Å². The maximum atomic E-state index is 12.6. The Morgan fingerprint density at radius 3 is 2.76 bits per heavy atom. The molecule has 1 N–H and O–H groups in total. The lowest BCUT2D eigenvalue weighted by Gasteiger charge is -2.10. The van der Waals surface area contributed by atoms with Crippen LogP contribution in [0.25, 0.3) is 17.0 Å². The molecular weight excluding hydrogens is 409 g/mol. The van der Waals surface area contributed by atoms with E-state index >= 15 is 0 Å². The Morgan fingerprint density at radius 2 is 2.08 bits per heavy atom. The molecule has 0 unspecified atom stereocenters.